The van der Waals surface area contributed by atoms with Gasteiger partial charge in [0.15, 0.2) is 12.4 Å². The van der Waals surface area contributed by atoms with Gasteiger partial charge in [-0.25, -0.2) is 0 Å². The molecular weight excluding hydrogens is 384 g/mol. The molecule has 2 aromatic rings. The number of anilines is 1. The molecule has 0 unspecified atom stereocenters. The highest BCUT2D eigenvalue weighted by atomic mass is 35.5. The summed E-state index contributed by atoms with van der Waals surface area (Å²) < 4.78 is 5.28. The lowest BCUT2D eigenvalue weighted by atomic mass is 10.2. The molecule has 1 N–H and O–H groups in total. The number of carbonyl (C=O) groups excluding carboxylic acids is 3. The van der Waals surface area contributed by atoms with Gasteiger partial charge in [0.05, 0.1) is 20.6 Å². The fourth-order valence-corrected chi connectivity index (χ4v) is 2.90. The van der Waals surface area contributed by atoms with E-state index in [9.17, 15) is 24.5 Å². The lowest BCUT2D eigenvalue weighted by Crippen LogP contribution is -2.21. The molecule has 0 bridgehead atoms. The number of carbonyl (C=O) groups is 3. The average molecular weight is 397 g/mol. The van der Waals surface area contributed by atoms with Gasteiger partial charge in [-0.3, -0.25) is 24.5 Å². The van der Waals surface area contributed by atoms with Gasteiger partial charge in [-0.15, -0.1) is 11.3 Å². The van der Waals surface area contributed by atoms with Gasteiger partial charge in [0, 0.05) is 24.2 Å². The minimum absolute atomic E-state index is 0.0420. The Labute approximate surface area is 156 Å². The second-order valence-electron chi connectivity index (χ2n) is 5.04. The molecule has 0 aliphatic carbocycles. The summed E-state index contributed by atoms with van der Waals surface area (Å²) in [6.07, 6.45) is -0.196. The molecular formula is C16H13ClN2O6S. The molecule has 1 aromatic carbocycles. The number of amides is 1. The number of nitrogens with zero attached hydrogens (tertiary/aromatic N) is 1. The number of rotatable bonds is 8. The first-order valence-corrected chi connectivity index (χ1v) is 8.53. The van der Waals surface area contributed by atoms with Crippen LogP contribution >= 0.6 is 22.9 Å². The number of nitro groups is 1. The molecule has 1 amide bonds. The topological polar surface area (TPSA) is 116 Å². The van der Waals surface area contributed by atoms with Crippen LogP contribution < -0.4 is 5.32 Å². The van der Waals surface area contributed by atoms with Gasteiger partial charge in [-0.05, 0) is 24.3 Å². The molecule has 0 atom stereocenters. The van der Waals surface area contributed by atoms with Crippen molar-refractivity contribution in [1.29, 1.82) is 0 Å². The van der Waals surface area contributed by atoms with Gasteiger partial charge >= 0.3 is 5.97 Å². The van der Waals surface area contributed by atoms with E-state index in [0.717, 1.165) is 11.3 Å². The van der Waals surface area contributed by atoms with E-state index >= 15 is 0 Å². The molecule has 2 rings (SSSR count). The second-order valence-corrected chi connectivity index (χ2v) is 6.75. The number of nitrogens with one attached hydrogen (secondary N) is 1. The zero-order valence-electron chi connectivity index (χ0n) is 13.3. The molecule has 1 heterocycles. The monoisotopic (exact) mass is 396 g/mol. The molecule has 0 radical (unpaired) electrons. The molecule has 1 aromatic heterocycles. The zero-order valence-corrected chi connectivity index (χ0v) is 14.8. The van der Waals surface area contributed by atoms with Gasteiger partial charge < -0.3 is 10.1 Å². The van der Waals surface area contributed by atoms with Crippen LogP contribution in [0.5, 0.6) is 0 Å². The van der Waals surface area contributed by atoms with Crippen LogP contribution in [0.1, 0.15) is 22.5 Å². The number of nitro benzene ring substituents is 1. The third-order valence-electron chi connectivity index (χ3n) is 3.13. The van der Waals surface area contributed by atoms with Crippen LogP contribution in [0.15, 0.2) is 36.4 Å². The molecule has 0 saturated heterocycles. The summed E-state index contributed by atoms with van der Waals surface area (Å²) in [6.45, 7) is -0.519. The van der Waals surface area contributed by atoms with Gasteiger partial charge in [0.2, 0.25) is 0 Å². The van der Waals surface area contributed by atoms with E-state index in [0.29, 0.717) is 14.9 Å². The van der Waals surface area contributed by atoms with E-state index in [2.05, 4.69) is 5.32 Å². The highest BCUT2D eigenvalue weighted by molar-refractivity contribution is 7.18. The van der Waals surface area contributed by atoms with Crippen molar-refractivity contribution in [3.63, 3.8) is 0 Å². The summed E-state index contributed by atoms with van der Waals surface area (Å²) in [7, 11) is 0. The molecule has 0 fully saturated rings. The van der Waals surface area contributed by atoms with Crippen molar-refractivity contribution in [2.75, 3.05) is 11.9 Å². The number of thiophene rings is 1. The quantitative estimate of drug-likeness (QED) is 0.316. The largest absolute Gasteiger partial charge is 0.456 e. The predicted octanol–water partition coefficient (Wildman–Crippen LogP) is 3.45. The average Bonchev–Trinajstić information content (AvgIpc) is 3.05. The Bertz CT molecular complexity index is 834. The van der Waals surface area contributed by atoms with E-state index in [4.69, 9.17) is 16.3 Å². The molecule has 26 heavy (non-hydrogen) atoms. The molecule has 10 heteroatoms. The molecule has 0 spiro atoms. The molecule has 136 valence electrons. The van der Waals surface area contributed by atoms with Gasteiger partial charge in [0.1, 0.15) is 0 Å². The predicted molar refractivity (Wildman–Crippen MR) is 95.6 cm³/mol. The van der Waals surface area contributed by atoms with Crippen molar-refractivity contribution < 1.29 is 24.0 Å². The smallest absolute Gasteiger partial charge is 0.306 e. The lowest BCUT2D eigenvalue weighted by molar-refractivity contribution is -0.384. The Balaban J connectivity index is 1.72. The van der Waals surface area contributed by atoms with Crippen LogP contribution in [0.4, 0.5) is 11.4 Å². The van der Waals surface area contributed by atoms with Crippen LogP contribution in [-0.4, -0.2) is 29.2 Å². The Morgan fingerprint density at radius 1 is 1.12 bits per heavy atom. The number of ketones is 1. The van der Waals surface area contributed by atoms with Crippen LogP contribution in [0.2, 0.25) is 4.34 Å². The summed E-state index contributed by atoms with van der Waals surface area (Å²) in [5, 5.41) is 13.0. The lowest BCUT2D eigenvalue weighted by Gasteiger charge is -2.06. The van der Waals surface area contributed by atoms with Gasteiger partial charge in [0.25, 0.3) is 11.6 Å². The summed E-state index contributed by atoms with van der Waals surface area (Å²) >= 11 is 6.87. The van der Waals surface area contributed by atoms with E-state index in [1.165, 1.54) is 24.3 Å². The first kappa shape index (κ1) is 19.5. The molecule has 0 saturated carbocycles. The van der Waals surface area contributed by atoms with Crippen LogP contribution in [0.25, 0.3) is 0 Å². The van der Waals surface area contributed by atoms with Crippen molar-refractivity contribution in [3.05, 3.63) is 55.7 Å². The minimum atomic E-state index is -0.681. The van der Waals surface area contributed by atoms with Crippen molar-refractivity contribution in [2.24, 2.45) is 0 Å². The highest BCUT2D eigenvalue weighted by Crippen LogP contribution is 2.23. The number of halogens is 1. The summed E-state index contributed by atoms with van der Waals surface area (Å²) in [4.78, 5) is 45.6. The van der Waals surface area contributed by atoms with Crippen molar-refractivity contribution in [1.82, 2.24) is 0 Å². The number of ether oxygens (including phenoxy) is 1. The summed E-state index contributed by atoms with van der Waals surface area (Å²) in [5.41, 5.74) is 0.229. The fourth-order valence-electron chi connectivity index (χ4n) is 1.88. The Kier molecular flexibility index (Phi) is 6.81. The van der Waals surface area contributed by atoms with E-state index in [1.54, 1.807) is 12.1 Å². The van der Waals surface area contributed by atoms with Crippen molar-refractivity contribution in [3.8, 4) is 0 Å². The Morgan fingerprint density at radius 2 is 1.81 bits per heavy atom. The molecule has 0 aliphatic heterocycles. The van der Waals surface area contributed by atoms with E-state index in [-0.39, 0.29) is 24.3 Å². The molecule has 0 aliphatic rings. The van der Waals surface area contributed by atoms with Crippen LogP contribution in [-0.2, 0) is 14.3 Å². The Morgan fingerprint density at radius 3 is 2.38 bits per heavy atom. The third kappa shape index (κ3) is 5.94. The SMILES string of the molecule is O=C(COC(=O)CCC(=O)c1ccc(Cl)s1)Nc1ccc([N+](=O)[O-])cc1. The third-order valence-corrected chi connectivity index (χ3v) is 4.40. The van der Waals surface area contributed by atoms with Crippen LogP contribution in [0, 0.1) is 10.1 Å². The first-order valence-electron chi connectivity index (χ1n) is 7.33. The Hall–Kier alpha value is -2.78. The maximum Gasteiger partial charge on any atom is 0.306 e. The normalized spacial score (nSPS) is 10.2. The highest BCUT2D eigenvalue weighted by Gasteiger charge is 2.14. The number of hydrogen-bond acceptors (Lipinski definition) is 7. The van der Waals surface area contributed by atoms with E-state index in [1.807, 2.05) is 0 Å². The zero-order chi connectivity index (χ0) is 19.1. The fraction of sp³-hybridized carbons (Fsp3) is 0.188. The summed E-state index contributed by atoms with van der Waals surface area (Å²) in [5.74, 6) is -1.50. The second kappa shape index (κ2) is 9.07. The number of hydrogen-bond donors (Lipinski definition) is 1. The van der Waals surface area contributed by atoms with Crippen molar-refractivity contribution >= 4 is 52.0 Å². The van der Waals surface area contributed by atoms with E-state index < -0.39 is 23.4 Å². The first-order chi connectivity index (χ1) is 12.3. The summed E-state index contributed by atoms with van der Waals surface area (Å²) in [6, 6.07) is 8.39. The number of esters is 1. The van der Waals surface area contributed by atoms with Gasteiger partial charge in [-0.2, -0.15) is 0 Å². The van der Waals surface area contributed by atoms with Crippen molar-refractivity contribution in [2.45, 2.75) is 12.8 Å². The number of Topliss-reactive ketones (excluding diaryl/α,β-unsaturated/α-hetero) is 1. The standard InChI is InChI=1S/C16H13ClN2O6S/c17-14-7-6-13(26-14)12(20)5-8-16(22)25-9-15(21)18-10-1-3-11(4-2-10)19(23)24/h1-4,6-7H,5,8-9H2,(H,18,21). The van der Waals surface area contributed by atoms with Gasteiger partial charge in [-0.1, -0.05) is 11.6 Å². The maximum absolute atomic E-state index is 11.8. The number of non-ortho nitro benzene ring substituents is 1. The van der Waals surface area contributed by atoms with Crippen LogP contribution in [0.3, 0.4) is 0 Å². The minimum Gasteiger partial charge on any atom is -0.456 e. The maximum atomic E-state index is 11.8. The molecule has 8 nitrogen and oxygen atoms in total. The number of benzene rings is 1.